The van der Waals surface area contributed by atoms with E-state index in [1.165, 1.54) is 0 Å². The van der Waals surface area contributed by atoms with Crippen LogP contribution in [0.5, 0.6) is 5.88 Å². The summed E-state index contributed by atoms with van der Waals surface area (Å²) in [4.78, 5) is 6.84. The smallest absolute Gasteiger partial charge is 0.304 e. The first-order valence-corrected chi connectivity index (χ1v) is 3.25. The van der Waals surface area contributed by atoms with Gasteiger partial charge in [-0.15, -0.1) is 0 Å². The molecule has 1 heterocycles. The third-order valence-corrected chi connectivity index (χ3v) is 1.12. The SMILES string of the molecule is Nc1cncnc1OC(F)C(F)F. The van der Waals surface area contributed by atoms with E-state index in [0.717, 1.165) is 12.5 Å². The summed E-state index contributed by atoms with van der Waals surface area (Å²) in [6.45, 7) is 0. The predicted molar refractivity (Wildman–Crippen MR) is 38.0 cm³/mol. The number of rotatable bonds is 3. The van der Waals surface area contributed by atoms with E-state index in [2.05, 4.69) is 14.7 Å². The van der Waals surface area contributed by atoms with Crippen molar-refractivity contribution in [2.45, 2.75) is 12.8 Å². The summed E-state index contributed by atoms with van der Waals surface area (Å²) in [5.41, 5.74) is 5.12. The predicted octanol–water partition coefficient (Wildman–Crippen LogP) is 0.998. The molecule has 7 heteroatoms. The van der Waals surface area contributed by atoms with Crippen LogP contribution in [0.25, 0.3) is 0 Å². The van der Waals surface area contributed by atoms with Crippen LogP contribution < -0.4 is 10.5 Å². The molecular weight excluding hydrogens is 187 g/mol. The minimum atomic E-state index is -3.23. The van der Waals surface area contributed by atoms with Gasteiger partial charge in [-0.1, -0.05) is 0 Å². The summed E-state index contributed by atoms with van der Waals surface area (Å²) in [6.07, 6.45) is -3.81. The van der Waals surface area contributed by atoms with Gasteiger partial charge in [0.25, 0.3) is 6.36 Å². The number of ether oxygens (including phenoxy) is 1. The lowest BCUT2D eigenvalue weighted by Gasteiger charge is -2.09. The Morgan fingerprint density at radius 3 is 2.62 bits per heavy atom. The van der Waals surface area contributed by atoms with E-state index in [0.29, 0.717) is 0 Å². The zero-order chi connectivity index (χ0) is 9.84. The number of hydrogen-bond donors (Lipinski definition) is 1. The van der Waals surface area contributed by atoms with Gasteiger partial charge >= 0.3 is 6.43 Å². The van der Waals surface area contributed by atoms with Crippen molar-refractivity contribution in [1.82, 2.24) is 9.97 Å². The van der Waals surface area contributed by atoms with Crippen LogP contribution in [0.3, 0.4) is 0 Å². The second-order valence-electron chi connectivity index (χ2n) is 2.09. The van der Waals surface area contributed by atoms with Gasteiger partial charge in [-0.3, -0.25) is 0 Å². The molecule has 1 atom stereocenters. The summed E-state index contributed by atoms with van der Waals surface area (Å²) < 4.78 is 39.7. The van der Waals surface area contributed by atoms with E-state index >= 15 is 0 Å². The quantitative estimate of drug-likeness (QED) is 0.777. The molecule has 1 unspecified atom stereocenters. The number of aromatic nitrogens is 2. The Morgan fingerprint density at radius 2 is 2.08 bits per heavy atom. The molecule has 13 heavy (non-hydrogen) atoms. The summed E-state index contributed by atoms with van der Waals surface area (Å²) in [6, 6.07) is 0. The van der Waals surface area contributed by atoms with Gasteiger partial charge in [-0.05, 0) is 0 Å². The van der Waals surface area contributed by atoms with Crippen LogP contribution in [0.4, 0.5) is 18.9 Å². The van der Waals surface area contributed by atoms with Crippen molar-refractivity contribution < 1.29 is 17.9 Å². The summed E-state index contributed by atoms with van der Waals surface area (Å²) >= 11 is 0. The first-order chi connectivity index (χ1) is 6.11. The normalized spacial score (nSPS) is 12.9. The standard InChI is InChI=1S/C6H6F3N3O/c7-4(8)5(9)13-6-3(10)1-11-2-12-6/h1-2,4-5H,10H2. The largest absolute Gasteiger partial charge is 0.435 e. The van der Waals surface area contributed by atoms with Crippen molar-refractivity contribution >= 4 is 5.69 Å². The molecule has 0 radical (unpaired) electrons. The number of anilines is 1. The second kappa shape index (κ2) is 3.92. The van der Waals surface area contributed by atoms with E-state index in [-0.39, 0.29) is 11.6 Å². The van der Waals surface area contributed by atoms with Crippen molar-refractivity contribution in [1.29, 1.82) is 0 Å². The maximum absolute atomic E-state index is 12.3. The maximum Gasteiger partial charge on any atom is 0.304 e. The molecule has 0 spiro atoms. The number of alkyl halides is 3. The Hall–Kier alpha value is -1.53. The summed E-state index contributed by atoms with van der Waals surface area (Å²) in [5, 5.41) is 0. The Morgan fingerprint density at radius 1 is 1.38 bits per heavy atom. The Bertz CT molecular complexity index is 284. The fraction of sp³-hybridized carbons (Fsp3) is 0.333. The molecule has 1 rings (SSSR count). The number of hydrogen-bond acceptors (Lipinski definition) is 4. The summed E-state index contributed by atoms with van der Waals surface area (Å²) in [5.74, 6) is -0.386. The molecule has 0 aliphatic heterocycles. The molecule has 0 saturated carbocycles. The van der Waals surface area contributed by atoms with Crippen LogP contribution >= 0.6 is 0 Å². The van der Waals surface area contributed by atoms with Gasteiger partial charge in [0, 0.05) is 0 Å². The Kier molecular flexibility index (Phi) is 2.88. The van der Waals surface area contributed by atoms with Crippen LogP contribution in [-0.4, -0.2) is 22.8 Å². The van der Waals surface area contributed by atoms with Gasteiger partial charge in [0.15, 0.2) is 0 Å². The van der Waals surface area contributed by atoms with Crippen molar-refractivity contribution in [3.63, 3.8) is 0 Å². The fourth-order valence-corrected chi connectivity index (χ4v) is 0.586. The number of nitrogen functional groups attached to an aromatic ring is 1. The van der Waals surface area contributed by atoms with E-state index < -0.39 is 12.8 Å². The minimum Gasteiger partial charge on any atom is -0.435 e. The third-order valence-electron chi connectivity index (χ3n) is 1.12. The second-order valence-corrected chi connectivity index (χ2v) is 2.09. The van der Waals surface area contributed by atoms with Crippen molar-refractivity contribution in [3.8, 4) is 5.88 Å². The first-order valence-electron chi connectivity index (χ1n) is 3.25. The van der Waals surface area contributed by atoms with Gasteiger partial charge in [0.05, 0.1) is 6.20 Å². The highest BCUT2D eigenvalue weighted by Crippen LogP contribution is 2.18. The molecule has 0 aliphatic rings. The fourth-order valence-electron chi connectivity index (χ4n) is 0.586. The molecule has 0 fully saturated rings. The Labute approximate surface area is 71.6 Å². The lowest BCUT2D eigenvalue weighted by Crippen LogP contribution is -2.20. The highest BCUT2D eigenvalue weighted by atomic mass is 19.3. The van der Waals surface area contributed by atoms with Gasteiger partial charge < -0.3 is 10.5 Å². The third kappa shape index (κ3) is 2.46. The highest BCUT2D eigenvalue weighted by molar-refractivity contribution is 5.44. The van der Waals surface area contributed by atoms with Crippen molar-refractivity contribution in [2.75, 3.05) is 5.73 Å². The van der Waals surface area contributed by atoms with E-state index in [4.69, 9.17) is 5.73 Å². The summed E-state index contributed by atoms with van der Waals surface area (Å²) in [7, 11) is 0. The Balaban J connectivity index is 2.69. The maximum atomic E-state index is 12.3. The van der Waals surface area contributed by atoms with Gasteiger partial charge in [0.2, 0.25) is 5.88 Å². The molecule has 1 aromatic rings. The molecular formula is C6H6F3N3O. The topological polar surface area (TPSA) is 61.0 Å². The number of nitrogens with two attached hydrogens (primary N) is 1. The first kappa shape index (κ1) is 9.56. The molecule has 0 bridgehead atoms. The number of nitrogens with zero attached hydrogens (tertiary/aromatic N) is 2. The van der Waals surface area contributed by atoms with E-state index in [1.54, 1.807) is 0 Å². The lowest BCUT2D eigenvalue weighted by atomic mass is 10.5. The lowest BCUT2D eigenvalue weighted by molar-refractivity contribution is -0.0686. The number of halogens is 3. The molecule has 2 N–H and O–H groups in total. The van der Waals surface area contributed by atoms with Crippen LogP contribution in [-0.2, 0) is 0 Å². The molecule has 0 aromatic carbocycles. The van der Waals surface area contributed by atoms with Crippen LogP contribution in [0.15, 0.2) is 12.5 Å². The molecule has 0 amide bonds. The van der Waals surface area contributed by atoms with Gasteiger partial charge in [-0.2, -0.15) is 9.37 Å². The molecule has 72 valence electrons. The zero-order valence-electron chi connectivity index (χ0n) is 6.32. The molecule has 0 saturated heterocycles. The van der Waals surface area contributed by atoms with Crippen LogP contribution in [0.2, 0.25) is 0 Å². The van der Waals surface area contributed by atoms with Crippen LogP contribution in [0.1, 0.15) is 0 Å². The monoisotopic (exact) mass is 193 g/mol. The molecule has 1 aromatic heterocycles. The minimum absolute atomic E-state index is 0.0919. The molecule has 4 nitrogen and oxygen atoms in total. The average Bonchev–Trinajstić information content (AvgIpc) is 2.08. The van der Waals surface area contributed by atoms with Gasteiger partial charge in [-0.25, -0.2) is 13.8 Å². The zero-order valence-corrected chi connectivity index (χ0v) is 6.32. The van der Waals surface area contributed by atoms with Crippen LogP contribution in [0, 0.1) is 0 Å². The van der Waals surface area contributed by atoms with Crippen molar-refractivity contribution in [3.05, 3.63) is 12.5 Å². The highest BCUT2D eigenvalue weighted by Gasteiger charge is 2.22. The molecule has 0 aliphatic carbocycles. The van der Waals surface area contributed by atoms with Crippen molar-refractivity contribution in [2.24, 2.45) is 0 Å². The van der Waals surface area contributed by atoms with E-state index in [9.17, 15) is 13.2 Å². The van der Waals surface area contributed by atoms with E-state index in [1.807, 2.05) is 0 Å². The average molecular weight is 193 g/mol. The van der Waals surface area contributed by atoms with Gasteiger partial charge in [0.1, 0.15) is 12.0 Å².